The van der Waals surface area contributed by atoms with Gasteiger partial charge in [-0.25, -0.2) is 4.79 Å². The molecule has 2 rings (SSSR count). The highest BCUT2D eigenvalue weighted by Gasteiger charge is 2.26. The Hall–Kier alpha value is -1.40. The molecule has 0 aliphatic carbocycles. The molecule has 23 heavy (non-hydrogen) atoms. The van der Waals surface area contributed by atoms with Crippen LogP contribution < -0.4 is 10.2 Å². The number of likely N-dealkylation sites (tertiary alicyclic amines) is 1. The molecule has 2 atom stereocenters. The van der Waals surface area contributed by atoms with Gasteiger partial charge in [0.25, 0.3) is 5.91 Å². The van der Waals surface area contributed by atoms with Gasteiger partial charge in [0, 0.05) is 4.88 Å². The number of piperidine rings is 1. The second kappa shape index (κ2) is 7.93. The van der Waals surface area contributed by atoms with E-state index in [0.717, 1.165) is 17.0 Å². The van der Waals surface area contributed by atoms with Gasteiger partial charge >= 0.3 is 5.97 Å². The van der Waals surface area contributed by atoms with Gasteiger partial charge in [-0.15, -0.1) is 11.3 Å². The molecule has 1 saturated heterocycles. The Kier molecular flexibility index (Phi) is 6.18. The largest absolute Gasteiger partial charge is 0.462 e. The van der Waals surface area contributed by atoms with Crippen molar-refractivity contribution < 1.29 is 19.2 Å². The molecule has 0 spiro atoms. The predicted molar refractivity (Wildman–Crippen MR) is 92.4 cm³/mol. The topological polar surface area (TPSA) is 59.8 Å². The highest BCUT2D eigenvalue weighted by atomic mass is 32.1. The summed E-state index contributed by atoms with van der Waals surface area (Å²) >= 11 is 1.44. The van der Waals surface area contributed by atoms with E-state index in [4.69, 9.17) is 4.74 Å². The van der Waals surface area contributed by atoms with Crippen molar-refractivity contribution in [3.63, 3.8) is 0 Å². The SMILES string of the molecule is CCOC(=O)c1c(NC(=O)C[NH+]2CCCCC2C)sc(C)c1C. The lowest BCUT2D eigenvalue weighted by molar-refractivity contribution is -0.920. The Morgan fingerprint density at radius 1 is 1.35 bits per heavy atom. The number of hydrogen-bond acceptors (Lipinski definition) is 4. The van der Waals surface area contributed by atoms with Crippen LogP contribution in [-0.2, 0) is 9.53 Å². The van der Waals surface area contributed by atoms with Gasteiger partial charge in [-0.2, -0.15) is 0 Å². The first-order valence-corrected chi connectivity index (χ1v) is 9.17. The summed E-state index contributed by atoms with van der Waals surface area (Å²) in [4.78, 5) is 26.9. The summed E-state index contributed by atoms with van der Waals surface area (Å²) < 4.78 is 5.12. The number of rotatable bonds is 5. The van der Waals surface area contributed by atoms with Gasteiger partial charge in [-0.05, 0) is 52.5 Å². The Labute approximate surface area is 142 Å². The molecule has 128 valence electrons. The standard InChI is InChI=1S/C17H26N2O3S/c1-5-22-17(21)15-12(3)13(4)23-16(15)18-14(20)10-19-9-7-6-8-11(19)2/h11H,5-10H2,1-4H3,(H,18,20)/p+1. The molecule has 1 aliphatic heterocycles. The average molecular weight is 339 g/mol. The van der Waals surface area contributed by atoms with Gasteiger partial charge in [0.05, 0.1) is 24.8 Å². The summed E-state index contributed by atoms with van der Waals surface area (Å²) in [6.07, 6.45) is 3.61. The smallest absolute Gasteiger partial charge is 0.341 e. The molecule has 5 nitrogen and oxygen atoms in total. The van der Waals surface area contributed by atoms with E-state index < -0.39 is 0 Å². The number of ether oxygens (including phenoxy) is 1. The maximum atomic E-state index is 12.4. The molecule has 0 aromatic carbocycles. The number of nitrogens with one attached hydrogen (secondary N) is 2. The zero-order chi connectivity index (χ0) is 17.0. The number of quaternary nitrogens is 1. The first-order chi connectivity index (χ1) is 10.9. The zero-order valence-electron chi connectivity index (χ0n) is 14.5. The van der Waals surface area contributed by atoms with Crippen molar-refractivity contribution in [1.82, 2.24) is 0 Å². The number of thiophene rings is 1. The van der Waals surface area contributed by atoms with E-state index in [2.05, 4.69) is 12.2 Å². The predicted octanol–water partition coefficient (Wildman–Crippen LogP) is 1.94. The minimum atomic E-state index is -0.358. The molecule has 2 unspecified atom stereocenters. The third-order valence-corrected chi connectivity index (χ3v) is 5.71. The van der Waals surface area contributed by atoms with Crippen LogP contribution in [0.25, 0.3) is 0 Å². The lowest BCUT2D eigenvalue weighted by Gasteiger charge is -2.29. The third-order valence-electron chi connectivity index (χ3n) is 4.59. The van der Waals surface area contributed by atoms with Crippen molar-refractivity contribution in [3.05, 3.63) is 16.0 Å². The summed E-state index contributed by atoms with van der Waals surface area (Å²) in [5.41, 5.74) is 1.40. The fraction of sp³-hybridized carbons (Fsp3) is 0.647. The molecule has 6 heteroatoms. The molecular weight excluding hydrogens is 312 g/mol. The Balaban J connectivity index is 2.08. The second-order valence-corrected chi connectivity index (χ2v) is 7.46. The van der Waals surface area contributed by atoms with Crippen LogP contribution in [0, 0.1) is 13.8 Å². The second-order valence-electron chi connectivity index (χ2n) is 6.24. The van der Waals surface area contributed by atoms with Crippen LogP contribution in [0.15, 0.2) is 0 Å². The van der Waals surface area contributed by atoms with Crippen molar-refractivity contribution in [2.24, 2.45) is 0 Å². The maximum Gasteiger partial charge on any atom is 0.341 e. The highest BCUT2D eigenvalue weighted by molar-refractivity contribution is 7.16. The van der Waals surface area contributed by atoms with Crippen molar-refractivity contribution >= 4 is 28.2 Å². The van der Waals surface area contributed by atoms with Crippen molar-refractivity contribution in [3.8, 4) is 0 Å². The molecular formula is C17H27N2O3S+. The first-order valence-electron chi connectivity index (χ1n) is 8.35. The highest BCUT2D eigenvalue weighted by Crippen LogP contribution is 2.32. The van der Waals surface area contributed by atoms with Gasteiger partial charge in [0.2, 0.25) is 0 Å². The van der Waals surface area contributed by atoms with E-state index in [1.165, 1.54) is 35.5 Å². The monoisotopic (exact) mass is 339 g/mol. The number of hydrogen-bond donors (Lipinski definition) is 2. The van der Waals surface area contributed by atoms with Crippen LogP contribution in [0.2, 0.25) is 0 Å². The van der Waals surface area contributed by atoms with Crippen LogP contribution >= 0.6 is 11.3 Å². The van der Waals surface area contributed by atoms with E-state index in [9.17, 15) is 9.59 Å². The first kappa shape index (κ1) is 17.9. The molecule has 2 heterocycles. The zero-order valence-corrected chi connectivity index (χ0v) is 15.3. The van der Waals surface area contributed by atoms with Gasteiger partial charge in [0.1, 0.15) is 5.00 Å². The number of carbonyl (C=O) groups excluding carboxylic acids is 2. The van der Waals surface area contributed by atoms with Gasteiger partial charge in [0.15, 0.2) is 6.54 Å². The Morgan fingerprint density at radius 2 is 2.09 bits per heavy atom. The number of anilines is 1. The molecule has 2 N–H and O–H groups in total. The quantitative estimate of drug-likeness (QED) is 0.806. The van der Waals surface area contributed by atoms with E-state index in [1.54, 1.807) is 6.92 Å². The molecule has 1 aromatic heterocycles. The van der Waals surface area contributed by atoms with Crippen LogP contribution in [0.1, 0.15) is 53.9 Å². The van der Waals surface area contributed by atoms with Gasteiger partial charge in [-0.3, -0.25) is 4.79 Å². The molecule has 0 radical (unpaired) electrons. The number of carbonyl (C=O) groups is 2. The lowest BCUT2D eigenvalue weighted by Crippen LogP contribution is -3.17. The number of esters is 1. The normalized spacial score (nSPS) is 21.0. The minimum absolute atomic E-state index is 0.0273. The fourth-order valence-electron chi connectivity index (χ4n) is 3.06. The minimum Gasteiger partial charge on any atom is -0.462 e. The summed E-state index contributed by atoms with van der Waals surface area (Å²) in [5, 5.41) is 3.56. The van der Waals surface area contributed by atoms with E-state index in [0.29, 0.717) is 29.8 Å². The lowest BCUT2D eigenvalue weighted by atomic mass is 10.0. The average Bonchev–Trinajstić information content (AvgIpc) is 2.76. The Morgan fingerprint density at radius 3 is 2.74 bits per heavy atom. The third kappa shape index (κ3) is 4.32. The number of aryl methyl sites for hydroxylation is 1. The summed E-state index contributed by atoms with van der Waals surface area (Å²) in [7, 11) is 0. The molecule has 1 amide bonds. The molecule has 1 aliphatic rings. The van der Waals surface area contributed by atoms with Crippen molar-refractivity contribution in [2.45, 2.75) is 53.0 Å². The van der Waals surface area contributed by atoms with Crippen LogP contribution in [0.4, 0.5) is 5.00 Å². The van der Waals surface area contributed by atoms with Gasteiger partial charge < -0.3 is 15.0 Å². The van der Waals surface area contributed by atoms with Crippen molar-refractivity contribution in [2.75, 3.05) is 25.0 Å². The van der Waals surface area contributed by atoms with E-state index in [-0.39, 0.29) is 11.9 Å². The maximum absolute atomic E-state index is 12.4. The van der Waals surface area contributed by atoms with E-state index in [1.807, 2.05) is 13.8 Å². The van der Waals surface area contributed by atoms with Crippen molar-refractivity contribution in [1.29, 1.82) is 0 Å². The van der Waals surface area contributed by atoms with Crippen LogP contribution in [0.3, 0.4) is 0 Å². The molecule has 0 saturated carbocycles. The molecule has 0 bridgehead atoms. The van der Waals surface area contributed by atoms with Gasteiger partial charge in [-0.1, -0.05) is 0 Å². The summed E-state index contributed by atoms with van der Waals surface area (Å²) in [5.74, 6) is -0.385. The summed E-state index contributed by atoms with van der Waals surface area (Å²) in [6.45, 7) is 9.66. The van der Waals surface area contributed by atoms with E-state index >= 15 is 0 Å². The van der Waals surface area contributed by atoms with Crippen LogP contribution in [0.5, 0.6) is 0 Å². The fourth-order valence-corrected chi connectivity index (χ4v) is 4.12. The Bertz CT molecular complexity index is 583. The van der Waals surface area contributed by atoms with Crippen LogP contribution in [-0.4, -0.2) is 37.6 Å². The summed E-state index contributed by atoms with van der Waals surface area (Å²) in [6, 6.07) is 0.519. The molecule has 1 fully saturated rings. The number of amides is 1. The molecule has 1 aromatic rings.